The average molecular weight is 246 g/mol. The molecule has 0 bridgehead atoms. The van der Waals surface area contributed by atoms with Crippen molar-refractivity contribution in [3.05, 3.63) is 35.9 Å². The molecule has 1 aromatic carbocycles. The summed E-state index contributed by atoms with van der Waals surface area (Å²) in [6.45, 7) is 5.35. The molecule has 1 rings (SSSR count). The minimum atomic E-state index is -0.581. The molecule has 0 aliphatic carbocycles. The third kappa shape index (κ3) is 5.35. The van der Waals surface area contributed by atoms with E-state index in [1.165, 1.54) is 0 Å². The van der Waals surface area contributed by atoms with Gasteiger partial charge < -0.3 is 10.1 Å². The monoisotopic (exact) mass is 246 g/mol. The molecule has 1 atom stereocenters. The second-order valence-corrected chi connectivity index (χ2v) is 5.02. The van der Waals surface area contributed by atoms with Crippen LogP contribution in [0.4, 0.5) is 4.79 Å². The zero-order chi connectivity index (χ0) is 13.6. The van der Waals surface area contributed by atoms with Crippen LogP contribution in [0.25, 0.3) is 0 Å². The highest BCUT2D eigenvalue weighted by molar-refractivity contribution is 5.68. The van der Waals surface area contributed by atoms with E-state index in [4.69, 9.17) is 10.00 Å². The number of alkyl carbamates (subject to hydrolysis) is 1. The summed E-state index contributed by atoms with van der Waals surface area (Å²) in [5, 5.41) is 11.6. The number of nitriles is 1. The SMILES string of the molecule is CC(C)(C)OC(=O)NC(C#N)Cc1ccccc1. The van der Waals surface area contributed by atoms with E-state index in [2.05, 4.69) is 11.4 Å². The number of nitrogens with one attached hydrogen (secondary N) is 1. The molecule has 96 valence electrons. The number of hydrogen-bond acceptors (Lipinski definition) is 3. The highest BCUT2D eigenvalue weighted by Crippen LogP contribution is 2.08. The molecule has 0 fully saturated rings. The van der Waals surface area contributed by atoms with E-state index in [0.717, 1.165) is 5.56 Å². The molecule has 4 heteroatoms. The summed E-state index contributed by atoms with van der Waals surface area (Å²) in [6.07, 6.45) is -0.0960. The molecule has 1 amide bonds. The van der Waals surface area contributed by atoms with Gasteiger partial charge in [0.1, 0.15) is 11.6 Å². The third-order valence-corrected chi connectivity index (χ3v) is 2.13. The third-order valence-electron chi connectivity index (χ3n) is 2.13. The fourth-order valence-electron chi connectivity index (χ4n) is 1.43. The molecule has 0 saturated heterocycles. The summed E-state index contributed by atoms with van der Waals surface area (Å²) in [4.78, 5) is 11.5. The van der Waals surface area contributed by atoms with Crippen molar-refractivity contribution in [1.82, 2.24) is 5.32 Å². The molecule has 18 heavy (non-hydrogen) atoms. The maximum absolute atomic E-state index is 11.5. The molecule has 0 aliphatic heterocycles. The first-order chi connectivity index (χ1) is 8.40. The lowest BCUT2D eigenvalue weighted by atomic mass is 10.1. The standard InChI is InChI=1S/C14H18N2O2/c1-14(2,3)18-13(17)16-12(10-15)9-11-7-5-4-6-8-11/h4-8,12H,9H2,1-3H3,(H,16,17). The van der Waals surface area contributed by atoms with Crippen LogP contribution in [0.2, 0.25) is 0 Å². The molecule has 0 aromatic heterocycles. The number of carbonyl (C=O) groups excluding carboxylic acids is 1. The number of hydrogen-bond donors (Lipinski definition) is 1. The summed E-state index contributed by atoms with van der Waals surface area (Å²) in [6, 6.07) is 11.0. The predicted molar refractivity (Wildman–Crippen MR) is 68.9 cm³/mol. The summed E-state index contributed by atoms with van der Waals surface area (Å²) >= 11 is 0. The van der Waals surface area contributed by atoms with Crippen molar-refractivity contribution in [2.24, 2.45) is 0 Å². The maximum Gasteiger partial charge on any atom is 0.408 e. The molecule has 0 aliphatic rings. The van der Waals surface area contributed by atoms with Crippen molar-refractivity contribution in [2.75, 3.05) is 0 Å². The second-order valence-electron chi connectivity index (χ2n) is 5.02. The fourth-order valence-corrected chi connectivity index (χ4v) is 1.43. The maximum atomic E-state index is 11.5. The van der Waals surface area contributed by atoms with Crippen LogP contribution in [0.1, 0.15) is 26.3 Å². The van der Waals surface area contributed by atoms with Crippen LogP contribution in [-0.4, -0.2) is 17.7 Å². The number of amides is 1. The first kappa shape index (κ1) is 14.0. The van der Waals surface area contributed by atoms with E-state index in [0.29, 0.717) is 6.42 Å². The Kier molecular flexibility index (Phi) is 4.73. The van der Waals surface area contributed by atoms with E-state index in [1.54, 1.807) is 20.8 Å². The Morgan fingerprint density at radius 3 is 2.50 bits per heavy atom. The van der Waals surface area contributed by atoms with Gasteiger partial charge in [0.15, 0.2) is 0 Å². The Morgan fingerprint density at radius 1 is 1.39 bits per heavy atom. The summed E-state index contributed by atoms with van der Waals surface area (Å²) < 4.78 is 5.11. The van der Waals surface area contributed by atoms with Gasteiger partial charge >= 0.3 is 6.09 Å². The molecule has 0 spiro atoms. The van der Waals surface area contributed by atoms with Gasteiger partial charge in [-0.1, -0.05) is 30.3 Å². The topological polar surface area (TPSA) is 62.1 Å². The summed E-state index contributed by atoms with van der Waals surface area (Å²) in [7, 11) is 0. The fraction of sp³-hybridized carbons (Fsp3) is 0.429. The zero-order valence-electron chi connectivity index (χ0n) is 10.9. The van der Waals surface area contributed by atoms with Crippen LogP contribution in [0.5, 0.6) is 0 Å². The van der Waals surface area contributed by atoms with Crippen LogP contribution < -0.4 is 5.32 Å². The first-order valence-electron chi connectivity index (χ1n) is 5.84. The van der Waals surface area contributed by atoms with Gasteiger partial charge in [-0.15, -0.1) is 0 Å². The Hall–Kier alpha value is -2.02. The van der Waals surface area contributed by atoms with Gasteiger partial charge in [0.2, 0.25) is 0 Å². The lowest BCUT2D eigenvalue weighted by Gasteiger charge is -2.21. The molecule has 0 radical (unpaired) electrons. The number of rotatable bonds is 3. The first-order valence-corrected chi connectivity index (χ1v) is 5.84. The van der Waals surface area contributed by atoms with Crippen molar-refractivity contribution in [3.63, 3.8) is 0 Å². The molecule has 1 unspecified atom stereocenters. The van der Waals surface area contributed by atoms with Gasteiger partial charge in [-0.05, 0) is 26.3 Å². The lowest BCUT2D eigenvalue weighted by Crippen LogP contribution is -2.39. The van der Waals surface area contributed by atoms with Gasteiger partial charge in [-0.2, -0.15) is 5.26 Å². The zero-order valence-corrected chi connectivity index (χ0v) is 10.9. The van der Waals surface area contributed by atoms with Crippen molar-refractivity contribution in [3.8, 4) is 6.07 Å². The Morgan fingerprint density at radius 2 is 2.00 bits per heavy atom. The number of ether oxygens (including phenoxy) is 1. The van der Waals surface area contributed by atoms with E-state index in [9.17, 15) is 4.79 Å². The summed E-state index contributed by atoms with van der Waals surface area (Å²) in [5.41, 5.74) is 0.441. The molecule has 1 aromatic rings. The highest BCUT2D eigenvalue weighted by Gasteiger charge is 2.19. The highest BCUT2D eigenvalue weighted by atomic mass is 16.6. The van der Waals surface area contributed by atoms with E-state index in [1.807, 2.05) is 30.3 Å². The van der Waals surface area contributed by atoms with E-state index >= 15 is 0 Å². The van der Waals surface area contributed by atoms with Crippen molar-refractivity contribution in [2.45, 2.75) is 38.8 Å². The van der Waals surface area contributed by atoms with Crippen LogP contribution in [0.3, 0.4) is 0 Å². The summed E-state index contributed by atoms with van der Waals surface area (Å²) in [5.74, 6) is 0. The van der Waals surface area contributed by atoms with Gasteiger partial charge in [-0.25, -0.2) is 4.79 Å². The van der Waals surface area contributed by atoms with Gasteiger partial charge in [0.05, 0.1) is 6.07 Å². The number of nitrogens with zero attached hydrogens (tertiary/aromatic N) is 1. The van der Waals surface area contributed by atoms with Crippen molar-refractivity contribution in [1.29, 1.82) is 5.26 Å². The van der Waals surface area contributed by atoms with Crippen LogP contribution in [-0.2, 0) is 11.2 Å². The molecule has 1 N–H and O–H groups in total. The molecule has 0 saturated carbocycles. The normalized spacial score (nSPS) is 12.3. The van der Waals surface area contributed by atoms with Gasteiger partial charge in [0.25, 0.3) is 0 Å². The Bertz CT molecular complexity index is 429. The van der Waals surface area contributed by atoms with Crippen LogP contribution >= 0.6 is 0 Å². The Labute approximate surface area is 108 Å². The lowest BCUT2D eigenvalue weighted by molar-refractivity contribution is 0.0516. The largest absolute Gasteiger partial charge is 0.444 e. The second kappa shape index (κ2) is 6.06. The smallest absolute Gasteiger partial charge is 0.408 e. The van der Waals surface area contributed by atoms with Crippen molar-refractivity contribution < 1.29 is 9.53 Å². The average Bonchev–Trinajstić information content (AvgIpc) is 2.27. The molecular weight excluding hydrogens is 228 g/mol. The van der Waals surface area contributed by atoms with E-state index < -0.39 is 17.7 Å². The molecule has 0 heterocycles. The quantitative estimate of drug-likeness (QED) is 0.891. The Balaban J connectivity index is 2.54. The minimum absolute atomic E-state index is 0.469. The number of carbonyl (C=O) groups is 1. The van der Waals surface area contributed by atoms with Crippen molar-refractivity contribution >= 4 is 6.09 Å². The molecular formula is C14H18N2O2. The van der Waals surface area contributed by atoms with E-state index in [-0.39, 0.29) is 0 Å². The minimum Gasteiger partial charge on any atom is -0.444 e. The molecule has 4 nitrogen and oxygen atoms in total. The van der Waals surface area contributed by atoms with Crippen LogP contribution in [0, 0.1) is 11.3 Å². The van der Waals surface area contributed by atoms with Crippen LogP contribution in [0.15, 0.2) is 30.3 Å². The number of benzene rings is 1. The predicted octanol–water partition coefficient (Wildman–Crippen LogP) is 2.65. The van der Waals surface area contributed by atoms with Gasteiger partial charge in [0, 0.05) is 6.42 Å². The van der Waals surface area contributed by atoms with Gasteiger partial charge in [-0.3, -0.25) is 0 Å².